The van der Waals surface area contributed by atoms with Crippen molar-refractivity contribution in [3.63, 3.8) is 0 Å². The first-order chi connectivity index (χ1) is 14.1. The lowest BCUT2D eigenvalue weighted by Crippen LogP contribution is -2.33. The summed E-state index contributed by atoms with van der Waals surface area (Å²) in [6.45, 7) is 2.08. The zero-order valence-corrected chi connectivity index (χ0v) is 17.0. The Labute approximate surface area is 172 Å². The van der Waals surface area contributed by atoms with E-state index in [2.05, 4.69) is 4.98 Å². The van der Waals surface area contributed by atoms with Crippen molar-refractivity contribution in [2.24, 2.45) is 0 Å². The van der Waals surface area contributed by atoms with E-state index in [0.29, 0.717) is 17.1 Å². The van der Waals surface area contributed by atoms with Gasteiger partial charge in [-0.1, -0.05) is 18.2 Å². The summed E-state index contributed by atoms with van der Waals surface area (Å²) < 4.78 is 10.5. The first kappa shape index (κ1) is 19.1. The van der Waals surface area contributed by atoms with Crippen LogP contribution in [-0.4, -0.2) is 37.1 Å². The molecule has 4 rings (SSSR count). The number of benzene rings is 2. The van der Waals surface area contributed by atoms with Crippen molar-refractivity contribution in [3.05, 3.63) is 64.7 Å². The standard InChI is InChI=1S/C22H20N2O4S/c1-14-20(29-21(23-14)16-7-9-17(27-2)10-8-16)22(26)28-13-19(25)24-12-11-15-5-3-4-6-18(15)24/h3-10H,11-13H2,1-2H3. The second kappa shape index (κ2) is 8.05. The van der Waals surface area contributed by atoms with E-state index in [1.807, 2.05) is 48.5 Å². The van der Waals surface area contributed by atoms with Gasteiger partial charge >= 0.3 is 5.97 Å². The number of esters is 1. The van der Waals surface area contributed by atoms with E-state index in [1.165, 1.54) is 11.3 Å². The number of amides is 1. The third-order valence-electron chi connectivity index (χ3n) is 4.83. The third kappa shape index (κ3) is 3.86. The molecule has 1 aliphatic heterocycles. The molecule has 0 radical (unpaired) electrons. The number of anilines is 1. The number of methoxy groups -OCH3 is 1. The van der Waals surface area contributed by atoms with Gasteiger partial charge in [-0.15, -0.1) is 11.3 Å². The molecule has 1 aromatic heterocycles. The molecule has 0 atom stereocenters. The third-order valence-corrected chi connectivity index (χ3v) is 6.02. The minimum absolute atomic E-state index is 0.221. The first-order valence-electron chi connectivity index (χ1n) is 9.24. The molecule has 6 nitrogen and oxygen atoms in total. The van der Waals surface area contributed by atoms with Crippen LogP contribution < -0.4 is 9.64 Å². The zero-order valence-electron chi connectivity index (χ0n) is 16.2. The van der Waals surface area contributed by atoms with Gasteiger partial charge in [0.2, 0.25) is 0 Å². The highest BCUT2D eigenvalue weighted by molar-refractivity contribution is 7.17. The van der Waals surface area contributed by atoms with Crippen LogP contribution in [0, 0.1) is 6.92 Å². The van der Waals surface area contributed by atoms with Crippen molar-refractivity contribution in [1.29, 1.82) is 0 Å². The highest BCUT2D eigenvalue weighted by Gasteiger charge is 2.26. The highest BCUT2D eigenvalue weighted by Crippen LogP contribution is 2.30. The Hall–Kier alpha value is -3.19. The number of para-hydroxylation sites is 1. The summed E-state index contributed by atoms with van der Waals surface area (Å²) in [6, 6.07) is 15.2. The molecule has 7 heteroatoms. The maximum Gasteiger partial charge on any atom is 0.350 e. The molecular weight excluding hydrogens is 388 g/mol. The predicted molar refractivity (Wildman–Crippen MR) is 112 cm³/mol. The van der Waals surface area contributed by atoms with E-state index >= 15 is 0 Å². The second-order valence-electron chi connectivity index (χ2n) is 6.66. The Morgan fingerprint density at radius 1 is 1.14 bits per heavy atom. The monoisotopic (exact) mass is 408 g/mol. The lowest BCUT2D eigenvalue weighted by atomic mass is 10.2. The lowest BCUT2D eigenvalue weighted by Gasteiger charge is -2.17. The van der Waals surface area contributed by atoms with Crippen LogP contribution in [0.5, 0.6) is 5.75 Å². The average molecular weight is 408 g/mol. The molecule has 29 heavy (non-hydrogen) atoms. The molecule has 2 heterocycles. The summed E-state index contributed by atoms with van der Waals surface area (Å²) in [4.78, 5) is 31.6. The van der Waals surface area contributed by atoms with Crippen molar-refractivity contribution in [2.75, 3.05) is 25.2 Å². The van der Waals surface area contributed by atoms with Crippen LogP contribution >= 0.6 is 11.3 Å². The fourth-order valence-corrected chi connectivity index (χ4v) is 4.28. The van der Waals surface area contributed by atoms with Gasteiger partial charge in [0.1, 0.15) is 15.6 Å². The number of aromatic nitrogens is 1. The van der Waals surface area contributed by atoms with E-state index < -0.39 is 5.97 Å². The number of rotatable bonds is 5. The van der Waals surface area contributed by atoms with Crippen LogP contribution in [0.25, 0.3) is 10.6 Å². The van der Waals surface area contributed by atoms with Crippen LogP contribution in [0.15, 0.2) is 48.5 Å². The van der Waals surface area contributed by atoms with E-state index in [1.54, 1.807) is 18.9 Å². The molecule has 0 saturated heterocycles. The summed E-state index contributed by atoms with van der Waals surface area (Å²) in [7, 11) is 1.61. The number of aryl methyl sites for hydroxylation is 1. The highest BCUT2D eigenvalue weighted by atomic mass is 32.1. The van der Waals surface area contributed by atoms with Gasteiger partial charge in [-0.2, -0.15) is 0 Å². The van der Waals surface area contributed by atoms with Gasteiger partial charge in [0.25, 0.3) is 5.91 Å². The Morgan fingerprint density at radius 3 is 2.66 bits per heavy atom. The van der Waals surface area contributed by atoms with Gasteiger partial charge in [-0.25, -0.2) is 9.78 Å². The van der Waals surface area contributed by atoms with Crippen molar-refractivity contribution in [3.8, 4) is 16.3 Å². The molecule has 2 aromatic carbocycles. The maximum atomic E-state index is 12.5. The molecule has 0 unspecified atom stereocenters. The number of carbonyl (C=O) groups is 2. The summed E-state index contributed by atoms with van der Waals surface area (Å²) >= 11 is 1.26. The van der Waals surface area contributed by atoms with Gasteiger partial charge in [-0.05, 0) is 49.2 Å². The van der Waals surface area contributed by atoms with Gasteiger partial charge in [0.15, 0.2) is 6.61 Å². The van der Waals surface area contributed by atoms with Crippen molar-refractivity contribution in [1.82, 2.24) is 4.98 Å². The van der Waals surface area contributed by atoms with E-state index in [4.69, 9.17) is 9.47 Å². The van der Waals surface area contributed by atoms with E-state index in [-0.39, 0.29) is 12.5 Å². The molecule has 0 aliphatic carbocycles. The number of hydrogen-bond donors (Lipinski definition) is 0. The lowest BCUT2D eigenvalue weighted by molar-refractivity contribution is -0.121. The minimum atomic E-state index is -0.527. The van der Waals surface area contributed by atoms with E-state index in [9.17, 15) is 9.59 Å². The summed E-state index contributed by atoms with van der Waals surface area (Å²) in [5.41, 5.74) is 3.51. The zero-order chi connectivity index (χ0) is 20.4. The van der Waals surface area contributed by atoms with Crippen LogP contribution in [0.2, 0.25) is 0 Å². The number of thiazole rings is 1. The molecule has 0 fully saturated rings. The molecule has 0 N–H and O–H groups in total. The van der Waals surface area contributed by atoms with Crippen LogP contribution in [0.4, 0.5) is 5.69 Å². The van der Waals surface area contributed by atoms with Gasteiger partial charge in [-0.3, -0.25) is 4.79 Å². The number of ether oxygens (including phenoxy) is 2. The Kier molecular flexibility index (Phi) is 5.31. The smallest absolute Gasteiger partial charge is 0.350 e. The summed E-state index contributed by atoms with van der Waals surface area (Å²) in [5, 5.41) is 0.719. The Morgan fingerprint density at radius 2 is 1.90 bits per heavy atom. The largest absolute Gasteiger partial charge is 0.497 e. The molecule has 148 valence electrons. The number of carbonyl (C=O) groups excluding carboxylic acids is 2. The van der Waals surface area contributed by atoms with Gasteiger partial charge < -0.3 is 14.4 Å². The van der Waals surface area contributed by atoms with Crippen molar-refractivity contribution in [2.45, 2.75) is 13.3 Å². The quantitative estimate of drug-likeness (QED) is 0.600. The van der Waals surface area contributed by atoms with Crippen molar-refractivity contribution >= 4 is 28.9 Å². The molecule has 0 bridgehead atoms. The van der Waals surface area contributed by atoms with Gasteiger partial charge in [0.05, 0.1) is 12.8 Å². The Bertz CT molecular complexity index is 1060. The fourth-order valence-electron chi connectivity index (χ4n) is 3.31. The molecule has 0 spiro atoms. The predicted octanol–water partition coefficient (Wildman–Crippen LogP) is 3.87. The number of fused-ring (bicyclic) bond motifs is 1. The molecule has 1 amide bonds. The topological polar surface area (TPSA) is 68.7 Å². The van der Waals surface area contributed by atoms with Crippen LogP contribution in [0.3, 0.4) is 0 Å². The Balaban J connectivity index is 1.42. The summed E-state index contributed by atoms with van der Waals surface area (Å²) in [5.74, 6) is 0.00472. The number of hydrogen-bond acceptors (Lipinski definition) is 6. The minimum Gasteiger partial charge on any atom is -0.497 e. The molecular formula is C22H20N2O4S. The van der Waals surface area contributed by atoms with Crippen LogP contribution in [-0.2, 0) is 16.0 Å². The number of nitrogens with zero attached hydrogens (tertiary/aromatic N) is 2. The summed E-state index contributed by atoms with van der Waals surface area (Å²) in [6.07, 6.45) is 0.815. The molecule has 1 aliphatic rings. The second-order valence-corrected chi connectivity index (χ2v) is 7.66. The normalized spacial score (nSPS) is 12.6. The fraction of sp³-hybridized carbons (Fsp3) is 0.227. The molecule has 3 aromatic rings. The van der Waals surface area contributed by atoms with Crippen molar-refractivity contribution < 1.29 is 19.1 Å². The maximum absolute atomic E-state index is 12.5. The SMILES string of the molecule is COc1ccc(-c2nc(C)c(C(=O)OCC(=O)N3CCc4ccccc43)s2)cc1. The molecule has 0 saturated carbocycles. The van der Waals surface area contributed by atoms with Gasteiger partial charge in [0, 0.05) is 17.8 Å². The first-order valence-corrected chi connectivity index (χ1v) is 10.1. The van der Waals surface area contributed by atoms with E-state index in [0.717, 1.165) is 34.0 Å². The van der Waals surface area contributed by atoms with Crippen LogP contribution in [0.1, 0.15) is 20.9 Å². The average Bonchev–Trinajstić information content (AvgIpc) is 3.35.